The van der Waals surface area contributed by atoms with Crippen molar-refractivity contribution in [2.24, 2.45) is 5.73 Å². The number of halogens is 3. The maximum Gasteiger partial charge on any atom is 0.419 e. The maximum atomic E-state index is 13.9. The van der Waals surface area contributed by atoms with Crippen LogP contribution in [-0.2, 0) is 11.7 Å². The number of rotatable bonds is 7. The van der Waals surface area contributed by atoms with Crippen molar-refractivity contribution >= 4 is 0 Å². The van der Waals surface area contributed by atoms with E-state index in [4.69, 9.17) is 10.5 Å². The molecule has 0 saturated carbocycles. The summed E-state index contributed by atoms with van der Waals surface area (Å²) in [6.45, 7) is 2.91. The van der Waals surface area contributed by atoms with Gasteiger partial charge in [0, 0.05) is 5.56 Å². The first kappa shape index (κ1) is 24.5. The number of imidazole rings is 1. The van der Waals surface area contributed by atoms with E-state index in [0.29, 0.717) is 5.69 Å². The first-order valence-corrected chi connectivity index (χ1v) is 11.1. The molecule has 0 spiro atoms. The van der Waals surface area contributed by atoms with Gasteiger partial charge in [-0.1, -0.05) is 54.6 Å². The number of aromatic amines is 1. The molecule has 4 N–H and O–H groups in total. The molecule has 0 aliphatic heterocycles. The number of benzene rings is 3. The fourth-order valence-corrected chi connectivity index (χ4v) is 3.69. The Hall–Kier alpha value is -3.62. The number of hydrogen-bond donors (Lipinski definition) is 3. The molecule has 1 aromatic heterocycles. The highest BCUT2D eigenvalue weighted by molar-refractivity contribution is 5.64. The van der Waals surface area contributed by atoms with E-state index in [1.54, 1.807) is 13.8 Å². The van der Waals surface area contributed by atoms with Gasteiger partial charge in [0.25, 0.3) is 0 Å². The zero-order valence-electron chi connectivity index (χ0n) is 19.3. The minimum Gasteiger partial charge on any atom is -0.485 e. The third kappa shape index (κ3) is 5.39. The van der Waals surface area contributed by atoms with Crippen molar-refractivity contribution in [2.75, 3.05) is 6.61 Å². The molecule has 4 rings (SSSR count). The van der Waals surface area contributed by atoms with Crippen molar-refractivity contribution in [1.29, 1.82) is 0 Å². The molecule has 182 valence electrons. The van der Waals surface area contributed by atoms with Gasteiger partial charge in [-0.2, -0.15) is 13.2 Å². The molecule has 3 aromatic carbocycles. The molecular weight excluding hydrogens is 455 g/mol. The van der Waals surface area contributed by atoms with Crippen LogP contribution in [0.3, 0.4) is 0 Å². The molecule has 0 fully saturated rings. The second kappa shape index (κ2) is 9.56. The maximum absolute atomic E-state index is 13.9. The molecule has 0 bridgehead atoms. The Kier molecular flexibility index (Phi) is 6.69. The number of H-pyrrole nitrogens is 1. The van der Waals surface area contributed by atoms with Crippen molar-refractivity contribution in [3.05, 3.63) is 95.9 Å². The molecule has 0 radical (unpaired) electrons. The van der Waals surface area contributed by atoms with Crippen LogP contribution in [0.5, 0.6) is 5.75 Å². The molecule has 35 heavy (non-hydrogen) atoms. The zero-order chi connectivity index (χ0) is 25.2. The highest BCUT2D eigenvalue weighted by Crippen LogP contribution is 2.40. The Morgan fingerprint density at radius 1 is 0.971 bits per heavy atom. The smallest absolute Gasteiger partial charge is 0.419 e. The van der Waals surface area contributed by atoms with E-state index in [9.17, 15) is 18.3 Å². The first-order chi connectivity index (χ1) is 16.6. The molecule has 0 aliphatic carbocycles. The van der Waals surface area contributed by atoms with Crippen LogP contribution in [0.2, 0.25) is 0 Å². The van der Waals surface area contributed by atoms with Crippen LogP contribution in [0.1, 0.15) is 36.9 Å². The van der Waals surface area contributed by atoms with E-state index in [1.807, 2.05) is 54.6 Å². The van der Waals surface area contributed by atoms with Gasteiger partial charge in [0.05, 0.1) is 29.6 Å². The summed E-state index contributed by atoms with van der Waals surface area (Å²) in [6.07, 6.45) is -3.84. The van der Waals surface area contributed by atoms with Crippen molar-refractivity contribution < 1.29 is 23.0 Å². The Morgan fingerprint density at radius 2 is 1.60 bits per heavy atom. The minimum atomic E-state index is -4.63. The molecule has 1 heterocycles. The normalized spacial score (nSPS) is 14.4. The lowest BCUT2D eigenvalue weighted by molar-refractivity contribution is -0.139. The average molecular weight is 482 g/mol. The molecule has 4 aromatic rings. The van der Waals surface area contributed by atoms with Crippen LogP contribution in [0.4, 0.5) is 13.2 Å². The SMILES string of the molecule is CC(Oc1ccc(-c2cnc([C@@](C)(N)CO)[nH]2)cc1C(F)(F)F)c1ccc(-c2ccccc2)cc1. The van der Waals surface area contributed by atoms with Crippen LogP contribution in [-0.4, -0.2) is 21.7 Å². The monoisotopic (exact) mass is 481 g/mol. The predicted octanol–water partition coefficient (Wildman–Crippen LogP) is 6.07. The third-order valence-corrected chi connectivity index (χ3v) is 5.83. The first-order valence-electron chi connectivity index (χ1n) is 11.1. The lowest BCUT2D eigenvalue weighted by Gasteiger charge is -2.20. The number of ether oxygens (including phenoxy) is 1. The molecule has 1 unspecified atom stereocenters. The van der Waals surface area contributed by atoms with Gasteiger partial charge in [-0.05, 0) is 48.7 Å². The second-order valence-electron chi connectivity index (χ2n) is 8.68. The highest BCUT2D eigenvalue weighted by Gasteiger charge is 2.35. The van der Waals surface area contributed by atoms with Crippen LogP contribution in [0.15, 0.2) is 79.0 Å². The zero-order valence-corrected chi connectivity index (χ0v) is 19.3. The van der Waals surface area contributed by atoms with Crippen LogP contribution < -0.4 is 10.5 Å². The Morgan fingerprint density at radius 3 is 2.23 bits per heavy atom. The van der Waals surface area contributed by atoms with Crippen LogP contribution in [0, 0.1) is 0 Å². The average Bonchev–Trinajstić information content (AvgIpc) is 3.36. The summed E-state index contributed by atoms with van der Waals surface area (Å²) >= 11 is 0. The predicted molar refractivity (Wildman–Crippen MR) is 129 cm³/mol. The van der Waals surface area contributed by atoms with Gasteiger partial charge in [-0.15, -0.1) is 0 Å². The van der Waals surface area contributed by atoms with Crippen LogP contribution in [0.25, 0.3) is 22.4 Å². The molecule has 8 heteroatoms. The van der Waals surface area contributed by atoms with E-state index in [-0.39, 0.29) is 23.7 Å². The van der Waals surface area contributed by atoms with Gasteiger partial charge in [-0.25, -0.2) is 4.98 Å². The quantitative estimate of drug-likeness (QED) is 0.299. The van der Waals surface area contributed by atoms with E-state index < -0.39 is 23.4 Å². The summed E-state index contributed by atoms with van der Waals surface area (Å²) in [5.74, 6) is 0.0103. The summed E-state index contributed by atoms with van der Waals surface area (Å²) in [5.41, 5.74) is 7.38. The Balaban J connectivity index is 1.59. The number of hydrogen-bond acceptors (Lipinski definition) is 4. The highest BCUT2D eigenvalue weighted by atomic mass is 19.4. The van der Waals surface area contributed by atoms with Crippen molar-refractivity contribution in [3.8, 4) is 28.1 Å². The van der Waals surface area contributed by atoms with Gasteiger partial charge >= 0.3 is 6.18 Å². The van der Waals surface area contributed by atoms with Crippen molar-refractivity contribution in [2.45, 2.75) is 31.7 Å². The largest absolute Gasteiger partial charge is 0.485 e. The summed E-state index contributed by atoms with van der Waals surface area (Å²) in [5, 5.41) is 9.42. The second-order valence-corrected chi connectivity index (χ2v) is 8.68. The minimum absolute atomic E-state index is 0.264. The van der Waals surface area contributed by atoms with Crippen LogP contribution >= 0.6 is 0 Å². The van der Waals surface area contributed by atoms with Gasteiger partial charge in [0.2, 0.25) is 0 Å². The molecule has 0 saturated heterocycles. The fraction of sp³-hybridized carbons (Fsp3) is 0.222. The summed E-state index contributed by atoms with van der Waals surface area (Å²) in [6, 6.07) is 21.2. The molecule has 5 nitrogen and oxygen atoms in total. The number of nitrogens with two attached hydrogens (primary N) is 1. The number of aliphatic hydroxyl groups is 1. The van der Waals surface area contributed by atoms with Gasteiger partial charge in [-0.3, -0.25) is 0 Å². The Labute approximate surface area is 201 Å². The van der Waals surface area contributed by atoms with Crippen molar-refractivity contribution in [1.82, 2.24) is 9.97 Å². The number of aliphatic hydroxyl groups excluding tert-OH is 1. The summed E-state index contributed by atoms with van der Waals surface area (Å²) in [7, 11) is 0. The van der Waals surface area contributed by atoms with Gasteiger partial charge < -0.3 is 20.6 Å². The van der Waals surface area contributed by atoms with Gasteiger partial charge in [0.15, 0.2) is 0 Å². The number of nitrogens with zero attached hydrogens (tertiary/aromatic N) is 1. The Bertz CT molecular complexity index is 1280. The third-order valence-electron chi connectivity index (χ3n) is 5.83. The lowest BCUT2D eigenvalue weighted by Crippen LogP contribution is -2.38. The molecule has 2 atom stereocenters. The number of nitrogens with one attached hydrogen (secondary N) is 1. The standard InChI is InChI=1S/C27H26F3N3O2/c1-17(18-8-10-20(11-9-18)19-6-4-3-5-7-19)35-24-13-12-21(14-22(24)27(28,29)30)23-15-32-25(33-23)26(2,31)16-34/h3-15,17,34H,16,31H2,1-2H3,(H,32,33)/t17?,26-/m0/s1. The van der Waals surface area contributed by atoms with Gasteiger partial charge in [0.1, 0.15) is 17.7 Å². The molecule has 0 aliphatic rings. The van der Waals surface area contributed by atoms with Crippen molar-refractivity contribution in [3.63, 3.8) is 0 Å². The molecular formula is C27H26F3N3O2. The fourth-order valence-electron chi connectivity index (χ4n) is 3.69. The van der Waals surface area contributed by atoms with E-state index in [2.05, 4.69) is 9.97 Å². The number of alkyl halides is 3. The summed E-state index contributed by atoms with van der Waals surface area (Å²) in [4.78, 5) is 7.01. The van der Waals surface area contributed by atoms with E-state index in [1.165, 1.54) is 18.3 Å². The van der Waals surface area contributed by atoms with E-state index in [0.717, 1.165) is 22.8 Å². The topological polar surface area (TPSA) is 84.2 Å². The summed E-state index contributed by atoms with van der Waals surface area (Å²) < 4.78 is 47.6. The van der Waals surface area contributed by atoms with E-state index >= 15 is 0 Å². The molecule has 0 amide bonds. The number of aromatic nitrogens is 2. The lowest BCUT2D eigenvalue weighted by atomic mass is 10.0.